The second-order valence-corrected chi connectivity index (χ2v) is 7.22. The average Bonchev–Trinajstić information content (AvgIpc) is 3.13. The van der Waals surface area contributed by atoms with E-state index in [4.69, 9.17) is 4.74 Å². The van der Waals surface area contributed by atoms with Crippen molar-refractivity contribution >= 4 is 18.0 Å². The molecule has 0 saturated carbocycles. The number of nitrogens with zero attached hydrogens (tertiary/aromatic N) is 4. The van der Waals surface area contributed by atoms with E-state index < -0.39 is 0 Å². The van der Waals surface area contributed by atoms with Crippen molar-refractivity contribution in [2.45, 2.75) is 37.8 Å². The summed E-state index contributed by atoms with van der Waals surface area (Å²) in [6.45, 7) is 2.96. The van der Waals surface area contributed by atoms with Gasteiger partial charge in [-0.05, 0) is 48.1 Å². The van der Waals surface area contributed by atoms with E-state index in [0.717, 1.165) is 35.3 Å². The summed E-state index contributed by atoms with van der Waals surface area (Å²) in [6, 6.07) is 18.2. The topological polar surface area (TPSA) is 52.3 Å². The number of hydrogen-bond acceptors (Lipinski definition) is 5. The molecule has 6 heteroatoms. The predicted octanol–water partition coefficient (Wildman–Crippen LogP) is 5.04. The standard InChI is InChI=1S/C22H26N4OS/c1-3-4-8-15-27-20-13-11-19(12-14-20)17-23-26-21(24-25-22(26)28-2)16-18-9-6-5-7-10-18/h5-7,9-14,17H,3-4,8,15-16H2,1-2H3/b23-17-. The quantitative estimate of drug-likeness (QED) is 0.275. The van der Waals surface area contributed by atoms with E-state index in [9.17, 15) is 0 Å². The van der Waals surface area contributed by atoms with Gasteiger partial charge in [-0.2, -0.15) is 9.78 Å². The molecule has 0 atom stereocenters. The van der Waals surface area contributed by atoms with Crippen LogP contribution in [0.1, 0.15) is 43.1 Å². The third-order valence-corrected chi connectivity index (χ3v) is 4.90. The molecule has 0 unspecified atom stereocenters. The van der Waals surface area contributed by atoms with E-state index in [-0.39, 0.29) is 0 Å². The Morgan fingerprint density at radius 1 is 1.04 bits per heavy atom. The zero-order chi connectivity index (χ0) is 19.6. The number of benzene rings is 2. The van der Waals surface area contributed by atoms with Crippen molar-refractivity contribution in [2.24, 2.45) is 5.10 Å². The maximum Gasteiger partial charge on any atom is 0.211 e. The second kappa shape index (κ2) is 10.7. The van der Waals surface area contributed by atoms with Gasteiger partial charge in [-0.15, -0.1) is 10.2 Å². The summed E-state index contributed by atoms with van der Waals surface area (Å²) < 4.78 is 7.57. The second-order valence-electron chi connectivity index (χ2n) is 6.45. The van der Waals surface area contributed by atoms with Crippen LogP contribution in [-0.2, 0) is 6.42 Å². The van der Waals surface area contributed by atoms with Crippen LogP contribution in [0.15, 0.2) is 64.9 Å². The lowest BCUT2D eigenvalue weighted by molar-refractivity contribution is 0.306. The molecule has 0 bridgehead atoms. The Hall–Kier alpha value is -2.60. The molecule has 0 radical (unpaired) electrons. The molecule has 2 aromatic carbocycles. The summed E-state index contributed by atoms with van der Waals surface area (Å²) in [5.74, 6) is 1.72. The van der Waals surface area contributed by atoms with Crippen LogP contribution in [0.4, 0.5) is 0 Å². The summed E-state index contributed by atoms with van der Waals surface area (Å²) in [4.78, 5) is 0. The van der Waals surface area contributed by atoms with Gasteiger partial charge in [-0.3, -0.25) is 0 Å². The van der Waals surface area contributed by atoms with Crippen molar-refractivity contribution in [3.8, 4) is 5.75 Å². The number of hydrogen-bond donors (Lipinski definition) is 0. The third-order valence-electron chi connectivity index (χ3n) is 4.28. The molecule has 0 aliphatic rings. The van der Waals surface area contributed by atoms with Crippen molar-refractivity contribution in [3.05, 3.63) is 71.5 Å². The molecule has 3 aromatic rings. The zero-order valence-electron chi connectivity index (χ0n) is 16.4. The number of ether oxygens (including phenoxy) is 1. The molecule has 146 valence electrons. The Morgan fingerprint density at radius 2 is 1.82 bits per heavy atom. The van der Waals surface area contributed by atoms with Gasteiger partial charge in [0.2, 0.25) is 5.16 Å². The fourth-order valence-corrected chi connectivity index (χ4v) is 3.19. The Balaban J connectivity index is 1.68. The molecule has 1 aromatic heterocycles. The van der Waals surface area contributed by atoms with Gasteiger partial charge >= 0.3 is 0 Å². The first-order valence-electron chi connectivity index (χ1n) is 9.59. The maximum absolute atomic E-state index is 5.76. The average molecular weight is 395 g/mol. The van der Waals surface area contributed by atoms with Crippen LogP contribution in [0.3, 0.4) is 0 Å². The normalized spacial score (nSPS) is 11.2. The maximum atomic E-state index is 5.76. The summed E-state index contributed by atoms with van der Waals surface area (Å²) >= 11 is 1.53. The van der Waals surface area contributed by atoms with Gasteiger partial charge in [0, 0.05) is 6.42 Å². The van der Waals surface area contributed by atoms with Crippen LogP contribution in [-0.4, -0.2) is 34.0 Å². The zero-order valence-corrected chi connectivity index (χ0v) is 17.2. The van der Waals surface area contributed by atoms with Crippen LogP contribution in [0, 0.1) is 0 Å². The lowest BCUT2D eigenvalue weighted by Crippen LogP contribution is -2.01. The van der Waals surface area contributed by atoms with Gasteiger partial charge < -0.3 is 4.74 Å². The first-order valence-corrected chi connectivity index (χ1v) is 10.8. The molecular weight excluding hydrogens is 368 g/mol. The van der Waals surface area contributed by atoms with Crippen LogP contribution in [0.2, 0.25) is 0 Å². The predicted molar refractivity (Wildman–Crippen MR) is 116 cm³/mol. The van der Waals surface area contributed by atoms with Crippen molar-refractivity contribution in [1.29, 1.82) is 0 Å². The summed E-state index contributed by atoms with van der Waals surface area (Å²) in [6.07, 6.45) is 8.00. The Morgan fingerprint density at radius 3 is 2.54 bits per heavy atom. The number of rotatable bonds is 10. The SMILES string of the molecule is CCCCCOc1ccc(/C=N\n2c(Cc3ccccc3)nnc2SC)cc1. The molecule has 0 saturated heterocycles. The number of thioether (sulfide) groups is 1. The first kappa shape index (κ1) is 20.1. The summed E-state index contributed by atoms with van der Waals surface area (Å²) in [7, 11) is 0. The van der Waals surface area contributed by atoms with E-state index in [2.05, 4.69) is 34.4 Å². The van der Waals surface area contributed by atoms with Gasteiger partial charge in [0.1, 0.15) is 5.75 Å². The first-order chi connectivity index (χ1) is 13.8. The van der Waals surface area contributed by atoms with E-state index in [0.29, 0.717) is 6.42 Å². The summed E-state index contributed by atoms with van der Waals surface area (Å²) in [5, 5.41) is 14.0. The molecule has 0 aliphatic heterocycles. The van der Waals surface area contributed by atoms with Crippen LogP contribution >= 0.6 is 11.8 Å². The molecule has 0 amide bonds. The van der Waals surface area contributed by atoms with Gasteiger partial charge in [-0.25, -0.2) is 0 Å². The van der Waals surface area contributed by atoms with E-state index in [1.165, 1.54) is 30.2 Å². The minimum atomic E-state index is 0.691. The fourth-order valence-electron chi connectivity index (χ4n) is 2.74. The molecule has 3 rings (SSSR count). The number of aromatic nitrogens is 3. The largest absolute Gasteiger partial charge is 0.494 e. The van der Waals surface area contributed by atoms with Crippen molar-refractivity contribution < 1.29 is 4.74 Å². The molecule has 28 heavy (non-hydrogen) atoms. The minimum Gasteiger partial charge on any atom is -0.494 e. The molecule has 5 nitrogen and oxygen atoms in total. The summed E-state index contributed by atoms with van der Waals surface area (Å²) in [5.41, 5.74) is 2.19. The monoisotopic (exact) mass is 394 g/mol. The highest BCUT2D eigenvalue weighted by Crippen LogP contribution is 2.17. The van der Waals surface area contributed by atoms with Gasteiger partial charge in [0.15, 0.2) is 5.82 Å². The Kier molecular flexibility index (Phi) is 7.67. The van der Waals surface area contributed by atoms with Gasteiger partial charge in [-0.1, -0.05) is 61.9 Å². The van der Waals surface area contributed by atoms with Crippen LogP contribution in [0.25, 0.3) is 0 Å². The number of unbranched alkanes of at least 4 members (excludes halogenated alkanes) is 2. The third kappa shape index (κ3) is 5.70. The molecule has 0 aliphatic carbocycles. The molecule has 0 N–H and O–H groups in total. The van der Waals surface area contributed by atoms with E-state index >= 15 is 0 Å². The van der Waals surface area contributed by atoms with Gasteiger partial charge in [0.25, 0.3) is 0 Å². The van der Waals surface area contributed by atoms with Crippen molar-refractivity contribution in [3.63, 3.8) is 0 Å². The van der Waals surface area contributed by atoms with Crippen molar-refractivity contribution in [1.82, 2.24) is 14.9 Å². The minimum absolute atomic E-state index is 0.691. The lowest BCUT2D eigenvalue weighted by Gasteiger charge is -2.06. The highest BCUT2D eigenvalue weighted by molar-refractivity contribution is 7.98. The van der Waals surface area contributed by atoms with E-state index in [1.54, 1.807) is 0 Å². The lowest BCUT2D eigenvalue weighted by atomic mass is 10.1. The Labute approximate surface area is 170 Å². The molecule has 0 fully saturated rings. The molecule has 1 heterocycles. The smallest absolute Gasteiger partial charge is 0.211 e. The fraction of sp³-hybridized carbons (Fsp3) is 0.318. The molecule has 0 spiro atoms. The van der Waals surface area contributed by atoms with Gasteiger partial charge in [0.05, 0.1) is 12.8 Å². The van der Waals surface area contributed by atoms with Crippen LogP contribution in [0.5, 0.6) is 5.75 Å². The van der Waals surface area contributed by atoms with Crippen LogP contribution < -0.4 is 4.74 Å². The Bertz CT molecular complexity index is 875. The molecular formula is C22H26N4OS. The van der Waals surface area contributed by atoms with Crippen molar-refractivity contribution in [2.75, 3.05) is 12.9 Å². The highest BCUT2D eigenvalue weighted by atomic mass is 32.2. The van der Waals surface area contributed by atoms with E-state index in [1.807, 2.05) is 59.6 Å². The highest BCUT2D eigenvalue weighted by Gasteiger charge is 2.11.